The number of aromatic nitrogens is 3. The Morgan fingerprint density at radius 1 is 0.953 bits per heavy atom. The second-order valence-electron chi connectivity index (χ2n) is 10.4. The fourth-order valence-electron chi connectivity index (χ4n) is 5.58. The van der Waals surface area contributed by atoms with Gasteiger partial charge in [-0.25, -0.2) is 9.78 Å². The molecule has 8 nitrogen and oxygen atoms in total. The number of benzene rings is 3. The Labute approximate surface area is 258 Å². The lowest BCUT2D eigenvalue weighted by Gasteiger charge is -2.16. The van der Waals surface area contributed by atoms with E-state index in [1.807, 2.05) is 89.8 Å². The summed E-state index contributed by atoms with van der Waals surface area (Å²) in [7, 11) is 0. The molecule has 1 N–H and O–H groups in total. The van der Waals surface area contributed by atoms with Crippen molar-refractivity contribution in [3.8, 4) is 17.2 Å². The predicted molar refractivity (Wildman–Crippen MR) is 174 cm³/mol. The fourth-order valence-corrected chi connectivity index (χ4v) is 6.64. The molecule has 43 heavy (non-hydrogen) atoms. The summed E-state index contributed by atoms with van der Waals surface area (Å²) >= 11 is 1.33. The van der Waals surface area contributed by atoms with Gasteiger partial charge in [-0.2, -0.15) is 18.5 Å². The maximum Gasteiger partial charge on any atom is 0.353 e. The third-order valence-electron chi connectivity index (χ3n) is 7.60. The standard InChI is InChI=1S/C33H26N4O4S.H2S/c38-27(19-21-16-18-36(20-21)32(39)22-7-3-1-4-8-22)30-29-28-26(15-17-34-31(28)42-30)37(33(40)35-29)23-11-13-25(14-12-23)41-24-9-5-2-6-10-24;/h1-15,17,21,38H,16,18-20H2;1H2/t21-;/m1./s1. The first-order chi connectivity index (χ1) is 20.5. The largest absolute Gasteiger partial charge is 0.511 e. The van der Waals surface area contributed by atoms with E-state index in [1.165, 1.54) is 11.3 Å². The predicted octanol–water partition coefficient (Wildman–Crippen LogP) is 5.84. The van der Waals surface area contributed by atoms with Gasteiger partial charge in [0.1, 0.15) is 27.6 Å². The summed E-state index contributed by atoms with van der Waals surface area (Å²) in [5.74, 6) is 1.66. The summed E-state index contributed by atoms with van der Waals surface area (Å²) in [6, 6.07) is 27.8. The fraction of sp³-hybridized carbons (Fsp3) is 0.152. The van der Waals surface area contributed by atoms with Crippen molar-refractivity contribution in [1.82, 2.24) is 19.4 Å². The number of amides is 1. The zero-order chi connectivity index (χ0) is 28.6. The molecule has 1 aliphatic rings. The zero-order valence-corrected chi connectivity index (χ0v) is 24.8. The van der Waals surface area contributed by atoms with Crippen LogP contribution in [0.15, 0.2) is 102 Å². The topological polar surface area (TPSA) is 97.6 Å². The number of thiophene rings is 1. The second-order valence-corrected chi connectivity index (χ2v) is 11.4. The lowest BCUT2D eigenvalue weighted by Crippen LogP contribution is -2.28. The van der Waals surface area contributed by atoms with Gasteiger partial charge >= 0.3 is 5.69 Å². The van der Waals surface area contributed by atoms with Crippen LogP contribution < -0.4 is 15.0 Å². The van der Waals surface area contributed by atoms with Gasteiger partial charge in [0, 0.05) is 31.3 Å². The minimum Gasteiger partial charge on any atom is -0.511 e. The van der Waals surface area contributed by atoms with Crippen LogP contribution in [0.4, 0.5) is 0 Å². The smallest absolute Gasteiger partial charge is 0.353 e. The number of pyridine rings is 1. The summed E-state index contributed by atoms with van der Waals surface area (Å²) in [6.45, 7) is 1.21. The first-order valence-electron chi connectivity index (χ1n) is 13.7. The average molecular weight is 609 g/mol. The number of hydrogen-bond donors (Lipinski definition) is 1. The molecular weight excluding hydrogens is 581 g/mol. The van der Waals surface area contributed by atoms with E-state index in [-0.39, 0.29) is 31.1 Å². The molecule has 1 saturated heterocycles. The quantitative estimate of drug-likeness (QED) is 0.255. The van der Waals surface area contributed by atoms with Gasteiger partial charge in [0.05, 0.1) is 21.1 Å². The van der Waals surface area contributed by atoms with Gasteiger partial charge in [-0.05, 0) is 66.9 Å². The summed E-state index contributed by atoms with van der Waals surface area (Å²) < 4.78 is 8.01. The molecule has 1 aliphatic heterocycles. The highest BCUT2D eigenvalue weighted by atomic mass is 32.1. The van der Waals surface area contributed by atoms with E-state index in [2.05, 4.69) is 9.97 Å². The first kappa shape index (κ1) is 28.4. The molecule has 10 heteroatoms. The van der Waals surface area contributed by atoms with Crippen LogP contribution in [0.3, 0.4) is 0 Å². The number of carbonyl (C=O) groups excluding carboxylic acids is 1. The summed E-state index contributed by atoms with van der Waals surface area (Å²) in [4.78, 5) is 37.8. The van der Waals surface area contributed by atoms with Crippen molar-refractivity contribution in [2.75, 3.05) is 13.1 Å². The van der Waals surface area contributed by atoms with Crippen molar-refractivity contribution in [1.29, 1.82) is 0 Å². The molecule has 6 aromatic rings. The van der Waals surface area contributed by atoms with Gasteiger partial charge in [-0.1, -0.05) is 36.4 Å². The molecule has 216 valence electrons. The minimum absolute atomic E-state index is 0. The van der Waals surface area contributed by atoms with E-state index in [9.17, 15) is 14.7 Å². The van der Waals surface area contributed by atoms with Crippen LogP contribution in [0.1, 0.15) is 23.2 Å². The van der Waals surface area contributed by atoms with E-state index >= 15 is 0 Å². The van der Waals surface area contributed by atoms with Gasteiger partial charge in [0.2, 0.25) is 0 Å². The third-order valence-corrected chi connectivity index (χ3v) is 8.73. The van der Waals surface area contributed by atoms with Crippen LogP contribution in [0.5, 0.6) is 11.5 Å². The van der Waals surface area contributed by atoms with Crippen molar-refractivity contribution < 1.29 is 14.6 Å². The van der Waals surface area contributed by atoms with Crippen LogP contribution in [0.2, 0.25) is 0 Å². The Morgan fingerprint density at radius 2 is 1.65 bits per heavy atom. The average Bonchev–Trinajstić information content (AvgIpc) is 3.64. The highest BCUT2D eigenvalue weighted by Crippen LogP contribution is 2.29. The molecular formula is C33H28N4O4S2. The zero-order valence-electron chi connectivity index (χ0n) is 23.0. The Bertz CT molecular complexity index is 2030. The summed E-state index contributed by atoms with van der Waals surface area (Å²) in [5, 5.41) is 12.0. The van der Waals surface area contributed by atoms with Crippen LogP contribution in [0, 0.1) is 5.92 Å². The number of rotatable bonds is 6. The molecule has 0 spiro atoms. The van der Waals surface area contributed by atoms with Crippen LogP contribution in [-0.4, -0.2) is 43.5 Å². The maximum atomic E-state index is 13.4. The first-order valence-corrected chi connectivity index (χ1v) is 14.6. The summed E-state index contributed by atoms with van der Waals surface area (Å²) in [5.41, 5.74) is 2.00. The van der Waals surface area contributed by atoms with Crippen molar-refractivity contribution in [3.63, 3.8) is 0 Å². The monoisotopic (exact) mass is 608 g/mol. The van der Waals surface area contributed by atoms with E-state index in [0.717, 1.165) is 17.6 Å². The molecule has 0 radical (unpaired) electrons. The van der Waals surface area contributed by atoms with E-state index < -0.39 is 5.69 Å². The number of ether oxygens (including phenoxy) is 1. The maximum absolute atomic E-state index is 13.4. The van der Waals surface area contributed by atoms with Crippen LogP contribution in [-0.2, 0) is 0 Å². The molecule has 0 aliphatic carbocycles. The van der Waals surface area contributed by atoms with Gasteiger partial charge in [-0.15, -0.1) is 11.3 Å². The Kier molecular flexibility index (Phi) is 7.88. The molecule has 0 saturated carbocycles. The molecule has 1 fully saturated rings. The molecule has 3 aromatic heterocycles. The van der Waals surface area contributed by atoms with Crippen molar-refractivity contribution in [3.05, 3.63) is 118 Å². The molecule has 1 amide bonds. The number of aliphatic hydroxyl groups excluding tert-OH is 1. The third kappa shape index (κ3) is 5.47. The Balaban J connectivity index is 0.00000329. The minimum atomic E-state index is -0.445. The van der Waals surface area contributed by atoms with Crippen LogP contribution in [0.25, 0.3) is 32.7 Å². The lowest BCUT2D eigenvalue weighted by atomic mass is 10.0. The van der Waals surface area contributed by atoms with Crippen molar-refractivity contribution >= 4 is 57.7 Å². The molecule has 0 unspecified atom stereocenters. The number of aliphatic hydroxyl groups is 1. The molecule has 7 rings (SSSR count). The van der Waals surface area contributed by atoms with Crippen molar-refractivity contribution in [2.45, 2.75) is 12.8 Å². The van der Waals surface area contributed by atoms with E-state index in [4.69, 9.17) is 4.74 Å². The van der Waals surface area contributed by atoms with Gasteiger partial charge in [0.25, 0.3) is 5.91 Å². The molecule has 1 atom stereocenters. The number of nitrogens with zero attached hydrogens (tertiary/aromatic N) is 4. The van der Waals surface area contributed by atoms with Gasteiger partial charge < -0.3 is 14.7 Å². The number of carbonyl (C=O) groups is 1. The van der Waals surface area contributed by atoms with E-state index in [1.54, 1.807) is 16.8 Å². The second kappa shape index (κ2) is 11.9. The highest BCUT2D eigenvalue weighted by Gasteiger charge is 2.28. The normalized spacial score (nSPS) is 15.4. The number of likely N-dealkylation sites (tertiary alicyclic amines) is 1. The van der Waals surface area contributed by atoms with E-state index in [0.29, 0.717) is 56.9 Å². The molecule has 4 heterocycles. The molecule has 0 bridgehead atoms. The highest BCUT2D eigenvalue weighted by molar-refractivity contribution is 7.59. The van der Waals surface area contributed by atoms with Gasteiger partial charge in [-0.3, -0.25) is 9.36 Å². The van der Waals surface area contributed by atoms with Crippen molar-refractivity contribution in [2.24, 2.45) is 5.92 Å². The van der Waals surface area contributed by atoms with Gasteiger partial charge in [0.15, 0.2) is 0 Å². The summed E-state index contributed by atoms with van der Waals surface area (Å²) in [6.07, 6.45) is 2.85. The van der Waals surface area contributed by atoms with Crippen LogP contribution >= 0.6 is 24.8 Å². The molecule has 3 aromatic carbocycles. The lowest BCUT2D eigenvalue weighted by molar-refractivity contribution is 0.0787. The Hall–Kier alpha value is -4.67. The number of hydrogen-bond acceptors (Lipinski definition) is 7. The SMILES string of the molecule is O=C(c1ccccc1)N1CC[C@H](CC(O)=c2sc3nccc4c3c2nc(=O)n4-c2ccc(Oc3ccccc3)cc2)C1.S. The Morgan fingerprint density at radius 3 is 2.40 bits per heavy atom. The number of para-hydroxylation sites is 1.